The summed E-state index contributed by atoms with van der Waals surface area (Å²) in [6, 6.07) is 9.96. The Morgan fingerprint density at radius 1 is 1.37 bits per heavy atom. The monoisotopic (exact) mass is 259 g/mol. The summed E-state index contributed by atoms with van der Waals surface area (Å²) < 4.78 is 15.1. The summed E-state index contributed by atoms with van der Waals surface area (Å²) in [6.45, 7) is 0. The summed E-state index contributed by atoms with van der Waals surface area (Å²) in [7, 11) is 1.87. The maximum atomic E-state index is 13.3. The molecule has 98 valence electrons. The highest BCUT2D eigenvalue weighted by Gasteiger charge is 2.04. The molecule has 1 heterocycles. The molecule has 2 rings (SSSR count). The summed E-state index contributed by atoms with van der Waals surface area (Å²) >= 11 is 0. The van der Waals surface area contributed by atoms with Crippen molar-refractivity contribution in [3.63, 3.8) is 0 Å². The van der Waals surface area contributed by atoms with E-state index in [1.165, 1.54) is 12.3 Å². The lowest BCUT2D eigenvalue weighted by molar-refractivity contribution is -0.120. The van der Waals surface area contributed by atoms with E-state index < -0.39 is 0 Å². The van der Waals surface area contributed by atoms with E-state index in [1.54, 1.807) is 18.2 Å². The fraction of sp³-hybridized carbons (Fsp3) is 0.143. The number of hydrogen-bond acceptors (Lipinski definition) is 2. The predicted octanol–water partition coefficient (Wildman–Crippen LogP) is 1.86. The molecule has 5 heteroatoms. The van der Waals surface area contributed by atoms with Crippen molar-refractivity contribution in [2.24, 2.45) is 12.1 Å². The normalized spacial score (nSPS) is 10.8. The minimum atomic E-state index is -0.372. The molecule has 0 aliphatic heterocycles. The molecule has 0 unspecified atom stereocenters. The van der Waals surface area contributed by atoms with Gasteiger partial charge in [-0.15, -0.1) is 0 Å². The second kappa shape index (κ2) is 5.95. The van der Waals surface area contributed by atoms with E-state index in [-0.39, 0.29) is 18.1 Å². The third kappa shape index (κ3) is 3.51. The Hall–Kier alpha value is -2.43. The number of aryl methyl sites for hydroxylation is 1. The Morgan fingerprint density at radius 2 is 2.16 bits per heavy atom. The van der Waals surface area contributed by atoms with Crippen molar-refractivity contribution < 1.29 is 9.18 Å². The summed E-state index contributed by atoms with van der Waals surface area (Å²) in [5.74, 6) is -0.614. The van der Waals surface area contributed by atoms with Crippen LogP contribution < -0.4 is 5.43 Å². The van der Waals surface area contributed by atoms with Gasteiger partial charge in [-0.3, -0.25) is 4.79 Å². The van der Waals surface area contributed by atoms with Crippen LogP contribution in [0.2, 0.25) is 0 Å². The zero-order chi connectivity index (χ0) is 13.7. The topological polar surface area (TPSA) is 46.4 Å². The standard InChI is InChI=1S/C14H14FN3O/c1-18-8-4-6-12(18)9-14(19)17-16-10-11-5-2-3-7-13(11)15/h2-8,10H,9H2,1H3,(H,17,19). The summed E-state index contributed by atoms with van der Waals surface area (Å²) in [6.07, 6.45) is 3.39. The first kappa shape index (κ1) is 13.0. The van der Waals surface area contributed by atoms with Gasteiger partial charge >= 0.3 is 0 Å². The lowest BCUT2D eigenvalue weighted by atomic mass is 10.2. The highest BCUT2D eigenvalue weighted by atomic mass is 19.1. The SMILES string of the molecule is Cn1cccc1CC(=O)NN=Cc1ccccc1F. The first-order chi connectivity index (χ1) is 9.16. The van der Waals surface area contributed by atoms with Gasteiger partial charge in [0.2, 0.25) is 5.91 Å². The molecular formula is C14H14FN3O. The smallest absolute Gasteiger partial charge is 0.245 e. The van der Waals surface area contributed by atoms with Crippen LogP contribution >= 0.6 is 0 Å². The van der Waals surface area contributed by atoms with Crippen molar-refractivity contribution in [1.82, 2.24) is 9.99 Å². The van der Waals surface area contributed by atoms with Crippen molar-refractivity contribution in [1.29, 1.82) is 0 Å². The van der Waals surface area contributed by atoms with E-state index in [2.05, 4.69) is 10.5 Å². The van der Waals surface area contributed by atoms with Gasteiger partial charge in [-0.25, -0.2) is 9.82 Å². The predicted molar refractivity (Wildman–Crippen MR) is 71.3 cm³/mol. The molecule has 0 aliphatic rings. The summed E-state index contributed by atoms with van der Waals surface area (Å²) in [5, 5.41) is 3.74. The molecule has 2 aromatic rings. The van der Waals surface area contributed by atoms with Crippen molar-refractivity contribution in [2.45, 2.75) is 6.42 Å². The molecule has 1 N–H and O–H groups in total. The fourth-order valence-corrected chi connectivity index (χ4v) is 1.64. The lowest BCUT2D eigenvalue weighted by Crippen LogP contribution is -2.20. The number of nitrogens with zero attached hydrogens (tertiary/aromatic N) is 2. The van der Waals surface area contributed by atoms with Gasteiger partial charge < -0.3 is 4.57 Å². The van der Waals surface area contributed by atoms with Crippen molar-refractivity contribution in [3.8, 4) is 0 Å². The molecule has 19 heavy (non-hydrogen) atoms. The second-order valence-electron chi connectivity index (χ2n) is 4.10. The third-order valence-electron chi connectivity index (χ3n) is 2.69. The Morgan fingerprint density at radius 3 is 2.84 bits per heavy atom. The maximum Gasteiger partial charge on any atom is 0.245 e. The molecule has 0 bridgehead atoms. The van der Waals surface area contributed by atoms with E-state index in [9.17, 15) is 9.18 Å². The van der Waals surface area contributed by atoms with E-state index in [0.29, 0.717) is 5.56 Å². The van der Waals surface area contributed by atoms with Gasteiger partial charge in [0.05, 0.1) is 12.6 Å². The van der Waals surface area contributed by atoms with Crippen LogP contribution in [-0.4, -0.2) is 16.7 Å². The van der Waals surface area contributed by atoms with E-state index >= 15 is 0 Å². The van der Waals surface area contributed by atoms with Crippen LogP contribution in [0.25, 0.3) is 0 Å². The van der Waals surface area contributed by atoms with E-state index in [0.717, 1.165) is 5.69 Å². The fourth-order valence-electron chi connectivity index (χ4n) is 1.64. The second-order valence-corrected chi connectivity index (χ2v) is 4.10. The van der Waals surface area contributed by atoms with Gasteiger partial charge in [0, 0.05) is 24.5 Å². The molecule has 0 radical (unpaired) electrons. The average molecular weight is 259 g/mol. The molecule has 0 saturated heterocycles. The minimum Gasteiger partial charge on any atom is -0.354 e. The lowest BCUT2D eigenvalue weighted by Gasteiger charge is -2.02. The quantitative estimate of drug-likeness (QED) is 0.661. The first-order valence-corrected chi connectivity index (χ1v) is 5.83. The molecule has 0 saturated carbocycles. The summed E-state index contributed by atoms with van der Waals surface area (Å²) in [5.41, 5.74) is 3.60. The highest BCUT2D eigenvalue weighted by molar-refractivity contribution is 5.83. The van der Waals surface area contributed by atoms with Gasteiger partial charge in [-0.05, 0) is 18.2 Å². The number of carbonyl (C=O) groups excluding carboxylic acids is 1. The van der Waals surface area contributed by atoms with Crippen LogP contribution in [0, 0.1) is 5.82 Å². The van der Waals surface area contributed by atoms with Crippen LogP contribution in [0.1, 0.15) is 11.3 Å². The van der Waals surface area contributed by atoms with Crippen molar-refractivity contribution in [3.05, 3.63) is 59.7 Å². The number of rotatable bonds is 4. The Kier molecular flexibility index (Phi) is 4.07. The molecule has 4 nitrogen and oxygen atoms in total. The summed E-state index contributed by atoms with van der Waals surface area (Å²) in [4.78, 5) is 11.6. The van der Waals surface area contributed by atoms with Crippen LogP contribution in [0.3, 0.4) is 0 Å². The van der Waals surface area contributed by atoms with Gasteiger partial charge in [0.1, 0.15) is 5.82 Å². The van der Waals surface area contributed by atoms with Gasteiger partial charge in [0.15, 0.2) is 0 Å². The number of hydrogen-bond donors (Lipinski definition) is 1. The number of nitrogens with one attached hydrogen (secondary N) is 1. The average Bonchev–Trinajstić information content (AvgIpc) is 2.77. The molecule has 0 spiro atoms. The van der Waals surface area contributed by atoms with E-state index in [4.69, 9.17) is 0 Å². The number of halogens is 1. The van der Waals surface area contributed by atoms with Crippen LogP contribution in [-0.2, 0) is 18.3 Å². The largest absolute Gasteiger partial charge is 0.354 e. The first-order valence-electron chi connectivity index (χ1n) is 5.83. The van der Waals surface area contributed by atoms with Crippen molar-refractivity contribution >= 4 is 12.1 Å². The molecule has 0 aliphatic carbocycles. The number of carbonyl (C=O) groups is 1. The van der Waals surface area contributed by atoms with Gasteiger partial charge in [0.25, 0.3) is 0 Å². The minimum absolute atomic E-state index is 0.234. The highest BCUT2D eigenvalue weighted by Crippen LogP contribution is 2.03. The van der Waals surface area contributed by atoms with Crippen LogP contribution in [0.5, 0.6) is 0 Å². The Bertz CT molecular complexity index is 604. The molecule has 1 aromatic heterocycles. The molecule has 0 atom stereocenters. The number of benzene rings is 1. The number of amides is 1. The van der Waals surface area contributed by atoms with E-state index in [1.807, 2.05) is 29.9 Å². The zero-order valence-corrected chi connectivity index (χ0v) is 10.5. The Balaban J connectivity index is 1.91. The molecular weight excluding hydrogens is 245 g/mol. The third-order valence-corrected chi connectivity index (χ3v) is 2.69. The maximum absolute atomic E-state index is 13.3. The molecule has 1 amide bonds. The van der Waals surface area contributed by atoms with Gasteiger partial charge in [-0.1, -0.05) is 18.2 Å². The molecule has 0 fully saturated rings. The zero-order valence-electron chi connectivity index (χ0n) is 10.5. The number of hydrazone groups is 1. The molecule has 1 aromatic carbocycles. The van der Waals surface area contributed by atoms with Crippen molar-refractivity contribution in [2.75, 3.05) is 0 Å². The van der Waals surface area contributed by atoms with Gasteiger partial charge in [-0.2, -0.15) is 5.10 Å². The van der Waals surface area contributed by atoms with Crippen LogP contribution in [0.4, 0.5) is 4.39 Å². The van der Waals surface area contributed by atoms with Crippen LogP contribution in [0.15, 0.2) is 47.7 Å². The Labute approximate surface area is 110 Å². The number of aromatic nitrogens is 1.